The Balaban J connectivity index is 2.01. The summed E-state index contributed by atoms with van der Waals surface area (Å²) in [4.78, 5) is 28.0. The molecule has 110 valence electrons. The Hall–Kier alpha value is -1.85. The van der Waals surface area contributed by atoms with Crippen LogP contribution in [0.25, 0.3) is 0 Å². The molecule has 1 aromatic heterocycles. The van der Waals surface area contributed by atoms with Gasteiger partial charge in [-0.25, -0.2) is 0 Å². The highest BCUT2D eigenvalue weighted by Gasteiger charge is 2.28. The number of aryl methyl sites for hydroxylation is 2. The van der Waals surface area contributed by atoms with E-state index in [4.69, 9.17) is 0 Å². The predicted octanol–water partition coefficient (Wildman–Crippen LogP) is 0.967. The van der Waals surface area contributed by atoms with E-state index in [9.17, 15) is 9.59 Å². The Morgan fingerprint density at radius 1 is 1.10 bits per heavy atom. The molecule has 1 aliphatic rings. The number of aromatic amines is 1. The van der Waals surface area contributed by atoms with E-state index in [-0.39, 0.29) is 17.7 Å². The van der Waals surface area contributed by atoms with Gasteiger partial charge in [-0.15, -0.1) is 0 Å². The number of amides is 2. The summed E-state index contributed by atoms with van der Waals surface area (Å²) in [7, 11) is 0. The third-order valence-electron chi connectivity index (χ3n) is 3.71. The summed E-state index contributed by atoms with van der Waals surface area (Å²) in [5.74, 6) is 0.175. The van der Waals surface area contributed by atoms with Gasteiger partial charge in [-0.3, -0.25) is 14.7 Å². The van der Waals surface area contributed by atoms with Crippen LogP contribution in [0.1, 0.15) is 35.6 Å². The van der Waals surface area contributed by atoms with E-state index in [0.29, 0.717) is 31.7 Å². The number of carbonyl (C=O) groups excluding carboxylic acids is 2. The lowest BCUT2D eigenvalue weighted by Gasteiger charge is -2.35. The zero-order valence-electron chi connectivity index (χ0n) is 12.6. The average Bonchev–Trinajstić information content (AvgIpc) is 2.76. The summed E-state index contributed by atoms with van der Waals surface area (Å²) >= 11 is 0. The molecular weight excluding hydrogens is 256 g/mol. The van der Waals surface area contributed by atoms with Crippen LogP contribution in [-0.4, -0.2) is 58.0 Å². The first kappa shape index (κ1) is 14.6. The van der Waals surface area contributed by atoms with E-state index in [0.717, 1.165) is 11.4 Å². The maximum absolute atomic E-state index is 12.5. The molecule has 0 bridgehead atoms. The summed E-state index contributed by atoms with van der Waals surface area (Å²) in [5.41, 5.74) is 2.19. The number of nitrogens with one attached hydrogen (secondary N) is 1. The molecule has 0 unspecified atom stereocenters. The second-order valence-electron chi connectivity index (χ2n) is 5.58. The minimum atomic E-state index is 0.00500. The summed E-state index contributed by atoms with van der Waals surface area (Å²) in [6, 6.07) is 0. The highest BCUT2D eigenvalue weighted by atomic mass is 16.2. The molecule has 0 aromatic carbocycles. The second kappa shape index (κ2) is 5.64. The Kier molecular flexibility index (Phi) is 4.11. The first-order chi connectivity index (χ1) is 9.41. The predicted molar refractivity (Wildman–Crippen MR) is 75.4 cm³/mol. The number of H-pyrrole nitrogens is 1. The number of rotatable bonds is 2. The molecule has 1 fully saturated rings. The lowest BCUT2D eigenvalue weighted by atomic mass is 10.1. The standard InChI is InChI=1S/C14H22N4O2/c1-9(2)13(19)17-5-7-18(8-6-17)14(20)12-10(3)15-16-11(12)4/h9H,5-8H2,1-4H3,(H,15,16). The zero-order chi connectivity index (χ0) is 14.9. The van der Waals surface area contributed by atoms with E-state index in [2.05, 4.69) is 10.2 Å². The normalized spacial score (nSPS) is 15.8. The molecule has 2 rings (SSSR count). The molecular formula is C14H22N4O2. The van der Waals surface area contributed by atoms with Crippen LogP contribution in [0.5, 0.6) is 0 Å². The van der Waals surface area contributed by atoms with Gasteiger partial charge in [-0.2, -0.15) is 5.10 Å². The topological polar surface area (TPSA) is 69.3 Å². The molecule has 2 heterocycles. The van der Waals surface area contributed by atoms with Crippen LogP contribution in [0.3, 0.4) is 0 Å². The smallest absolute Gasteiger partial charge is 0.257 e. The molecule has 1 aromatic rings. The molecule has 0 atom stereocenters. The minimum absolute atomic E-state index is 0.00500. The van der Waals surface area contributed by atoms with Gasteiger partial charge in [-0.1, -0.05) is 13.8 Å². The molecule has 2 amide bonds. The summed E-state index contributed by atoms with van der Waals surface area (Å²) in [5, 5.41) is 6.90. The van der Waals surface area contributed by atoms with Gasteiger partial charge in [0.1, 0.15) is 0 Å². The Morgan fingerprint density at radius 3 is 2.10 bits per heavy atom. The van der Waals surface area contributed by atoms with Gasteiger partial charge >= 0.3 is 0 Å². The number of piperazine rings is 1. The Morgan fingerprint density at radius 2 is 1.65 bits per heavy atom. The second-order valence-corrected chi connectivity index (χ2v) is 5.58. The number of nitrogens with zero attached hydrogens (tertiary/aromatic N) is 3. The van der Waals surface area contributed by atoms with E-state index >= 15 is 0 Å². The highest BCUT2D eigenvalue weighted by molar-refractivity contribution is 5.96. The third kappa shape index (κ3) is 2.69. The van der Waals surface area contributed by atoms with Gasteiger partial charge < -0.3 is 9.80 Å². The molecule has 1 saturated heterocycles. The Labute approximate surface area is 119 Å². The van der Waals surface area contributed by atoms with Crippen LogP contribution in [0.2, 0.25) is 0 Å². The largest absolute Gasteiger partial charge is 0.339 e. The average molecular weight is 278 g/mol. The van der Waals surface area contributed by atoms with Crippen molar-refractivity contribution in [2.24, 2.45) is 5.92 Å². The van der Waals surface area contributed by atoms with Crippen LogP contribution < -0.4 is 0 Å². The van der Waals surface area contributed by atoms with Gasteiger partial charge in [0.15, 0.2) is 0 Å². The monoisotopic (exact) mass is 278 g/mol. The molecule has 0 saturated carbocycles. The summed E-state index contributed by atoms with van der Waals surface area (Å²) in [6.45, 7) is 9.87. The summed E-state index contributed by atoms with van der Waals surface area (Å²) in [6.07, 6.45) is 0. The molecule has 0 radical (unpaired) electrons. The van der Waals surface area contributed by atoms with Crippen molar-refractivity contribution in [2.45, 2.75) is 27.7 Å². The number of aromatic nitrogens is 2. The molecule has 20 heavy (non-hydrogen) atoms. The number of hydrogen-bond acceptors (Lipinski definition) is 3. The van der Waals surface area contributed by atoms with E-state index in [1.54, 1.807) is 4.90 Å². The van der Waals surface area contributed by atoms with Gasteiger partial charge in [-0.05, 0) is 13.8 Å². The minimum Gasteiger partial charge on any atom is -0.339 e. The molecule has 0 aliphatic carbocycles. The van der Waals surface area contributed by atoms with Crippen molar-refractivity contribution in [3.05, 3.63) is 17.0 Å². The van der Waals surface area contributed by atoms with Crippen molar-refractivity contribution in [3.8, 4) is 0 Å². The van der Waals surface area contributed by atoms with Crippen molar-refractivity contribution in [1.29, 1.82) is 0 Å². The van der Waals surface area contributed by atoms with Gasteiger partial charge in [0, 0.05) is 37.8 Å². The Bertz CT molecular complexity index is 494. The van der Waals surface area contributed by atoms with E-state index in [1.807, 2.05) is 32.6 Å². The fourth-order valence-corrected chi connectivity index (χ4v) is 2.52. The van der Waals surface area contributed by atoms with Gasteiger partial charge in [0.25, 0.3) is 5.91 Å². The van der Waals surface area contributed by atoms with Crippen molar-refractivity contribution in [1.82, 2.24) is 20.0 Å². The molecule has 1 aliphatic heterocycles. The van der Waals surface area contributed by atoms with Crippen LogP contribution >= 0.6 is 0 Å². The maximum atomic E-state index is 12.5. The first-order valence-electron chi connectivity index (χ1n) is 7.01. The fraction of sp³-hybridized carbons (Fsp3) is 0.643. The zero-order valence-corrected chi connectivity index (χ0v) is 12.6. The lowest BCUT2D eigenvalue weighted by molar-refractivity contribution is -0.135. The van der Waals surface area contributed by atoms with E-state index in [1.165, 1.54) is 0 Å². The third-order valence-corrected chi connectivity index (χ3v) is 3.71. The van der Waals surface area contributed by atoms with Crippen molar-refractivity contribution in [3.63, 3.8) is 0 Å². The van der Waals surface area contributed by atoms with Gasteiger partial charge in [0.05, 0.1) is 11.3 Å². The van der Waals surface area contributed by atoms with Crippen molar-refractivity contribution >= 4 is 11.8 Å². The lowest BCUT2D eigenvalue weighted by Crippen LogP contribution is -2.51. The first-order valence-corrected chi connectivity index (χ1v) is 7.01. The number of hydrogen-bond donors (Lipinski definition) is 1. The number of carbonyl (C=O) groups is 2. The van der Waals surface area contributed by atoms with Crippen LogP contribution in [0.15, 0.2) is 0 Å². The molecule has 0 spiro atoms. The molecule has 6 nitrogen and oxygen atoms in total. The maximum Gasteiger partial charge on any atom is 0.257 e. The van der Waals surface area contributed by atoms with Crippen molar-refractivity contribution < 1.29 is 9.59 Å². The fourth-order valence-electron chi connectivity index (χ4n) is 2.52. The van der Waals surface area contributed by atoms with Crippen LogP contribution in [-0.2, 0) is 4.79 Å². The summed E-state index contributed by atoms with van der Waals surface area (Å²) < 4.78 is 0. The van der Waals surface area contributed by atoms with Crippen LogP contribution in [0, 0.1) is 19.8 Å². The van der Waals surface area contributed by atoms with Crippen molar-refractivity contribution in [2.75, 3.05) is 26.2 Å². The molecule has 1 N–H and O–H groups in total. The van der Waals surface area contributed by atoms with Gasteiger partial charge in [0.2, 0.25) is 5.91 Å². The highest BCUT2D eigenvalue weighted by Crippen LogP contribution is 2.15. The van der Waals surface area contributed by atoms with E-state index < -0.39 is 0 Å². The SMILES string of the molecule is Cc1n[nH]c(C)c1C(=O)N1CCN(C(=O)C(C)C)CC1. The molecule has 6 heteroatoms. The van der Waals surface area contributed by atoms with Crippen LogP contribution in [0.4, 0.5) is 0 Å². The quantitative estimate of drug-likeness (QED) is 0.876.